The highest BCUT2D eigenvalue weighted by Crippen LogP contribution is 2.25. The summed E-state index contributed by atoms with van der Waals surface area (Å²) in [5.41, 5.74) is 2.77. The predicted molar refractivity (Wildman–Crippen MR) is 77.3 cm³/mol. The molecule has 1 aromatic heterocycles. The summed E-state index contributed by atoms with van der Waals surface area (Å²) in [4.78, 5) is 9.29. The Bertz CT molecular complexity index is 395. The van der Waals surface area contributed by atoms with Gasteiger partial charge in [-0.3, -0.25) is 4.98 Å². The fourth-order valence-electron chi connectivity index (χ4n) is 2.32. The molecule has 1 fully saturated rings. The van der Waals surface area contributed by atoms with E-state index in [9.17, 15) is 0 Å². The molecule has 2 rings (SSSR count). The Morgan fingerprint density at radius 2 is 1.83 bits per heavy atom. The third-order valence-electron chi connectivity index (χ3n) is 3.67. The topological polar surface area (TPSA) is 19.4 Å². The van der Waals surface area contributed by atoms with Crippen LogP contribution in [-0.4, -0.2) is 43.1 Å². The third-order valence-corrected chi connectivity index (χ3v) is 3.67. The average molecular weight is 247 g/mol. The summed E-state index contributed by atoms with van der Waals surface area (Å²) in [6.45, 7) is 11.3. The Morgan fingerprint density at radius 3 is 2.56 bits per heavy atom. The Morgan fingerprint density at radius 1 is 1.06 bits per heavy atom. The zero-order valence-corrected chi connectivity index (χ0v) is 12.1. The van der Waals surface area contributed by atoms with Crippen molar-refractivity contribution in [1.82, 2.24) is 9.88 Å². The molecular weight excluding hydrogens is 222 g/mol. The molecule has 0 aromatic carbocycles. The molecule has 2 heterocycles. The van der Waals surface area contributed by atoms with E-state index in [-0.39, 0.29) is 5.41 Å². The van der Waals surface area contributed by atoms with Crippen LogP contribution in [0.2, 0.25) is 0 Å². The summed E-state index contributed by atoms with van der Waals surface area (Å²) in [5, 5.41) is 0. The summed E-state index contributed by atoms with van der Waals surface area (Å²) in [6.07, 6.45) is 5.23. The molecule has 1 aliphatic heterocycles. The van der Waals surface area contributed by atoms with Gasteiger partial charge in [-0.1, -0.05) is 20.8 Å². The molecule has 0 amide bonds. The number of hydrogen-bond acceptors (Lipinski definition) is 3. The van der Waals surface area contributed by atoms with Crippen LogP contribution in [0.25, 0.3) is 0 Å². The molecule has 0 aliphatic carbocycles. The van der Waals surface area contributed by atoms with Gasteiger partial charge in [-0.25, -0.2) is 0 Å². The van der Waals surface area contributed by atoms with Crippen molar-refractivity contribution in [3.05, 3.63) is 24.0 Å². The lowest BCUT2D eigenvalue weighted by Crippen LogP contribution is -2.29. The van der Waals surface area contributed by atoms with Crippen molar-refractivity contribution >= 4 is 5.69 Å². The van der Waals surface area contributed by atoms with Gasteiger partial charge < -0.3 is 9.80 Å². The standard InChI is InChI=1S/C15H25N3/c1-15(2,3)13-10-14(12-16-11-13)18-7-5-6-17(4)8-9-18/h10-12H,5-9H2,1-4H3. The molecule has 1 saturated heterocycles. The van der Waals surface area contributed by atoms with Crippen molar-refractivity contribution < 1.29 is 0 Å². The molecule has 0 bridgehead atoms. The first-order chi connectivity index (χ1) is 8.47. The first-order valence-electron chi connectivity index (χ1n) is 6.86. The van der Waals surface area contributed by atoms with Crippen LogP contribution < -0.4 is 4.90 Å². The molecule has 0 unspecified atom stereocenters. The lowest BCUT2D eigenvalue weighted by atomic mass is 9.88. The lowest BCUT2D eigenvalue weighted by molar-refractivity contribution is 0.360. The summed E-state index contributed by atoms with van der Waals surface area (Å²) < 4.78 is 0. The van der Waals surface area contributed by atoms with Crippen molar-refractivity contribution in [2.75, 3.05) is 38.1 Å². The second-order valence-corrected chi connectivity index (χ2v) is 6.33. The largest absolute Gasteiger partial charge is 0.369 e. The van der Waals surface area contributed by atoms with Gasteiger partial charge in [-0.05, 0) is 37.1 Å². The third kappa shape index (κ3) is 3.22. The van der Waals surface area contributed by atoms with Crippen LogP contribution in [0.4, 0.5) is 5.69 Å². The summed E-state index contributed by atoms with van der Waals surface area (Å²) in [7, 11) is 2.20. The van der Waals surface area contributed by atoms with Crippen molar-refractivity contribution in [2.24, 2.45) is 0 Å². The van der Waals surface area contributed by atoms with Crippen LogP contribution in [0, 0.1) is 0 Å². The maximum atomic E-state index is 4.42. The number of likely N-dealkylation sites (N-methyl/N-ethyl adjacent to an activating group) is 1. The molecule has 1 aromatic rings. The molecule has 0 N–H and O–H groups in total. The van der Waals surface area contributed by atoms with E-state index < -0.39 is 0 Å². The number of nitrogens with zero attached hydrogens (tertiary/aromatic N) is 3. The minimum absolute atomic E-state index is 0.172. The van der Waals surface area contributed by atoms with E-state index >= 15 is 0 Å². The van der Waals surface area contributed by atoms with E-state index in [1.807, 2.05) is 12.4 Å². The summed E-state index contributed by atoms with van der Waals surface area (Å²) in [6, 6.07) is 2.30. The minimum Gasteiger partial charge on any atom is -0.369 e. The molecular formula is C15H25N3. The predicted octanol–water partition coefficient (Wildman–Crippen LogP) is 2.52. The van der Waals surface area contributed by atoms with Gasteiger partial charge in [0.1, 0.15) is 0 Å². The van der Waals surface area contributed by atoms with E-state index in [2.05, 4.69) is 48.7 Å². The molecule has 0 radical (unpaired) electrons. The highest BCUT2D eigenvalue weighted by Gasteiger charge is 2.17. The van der Waals surface area contributed by atoms with Gasteiger partial charge in [-0.15, -0.1) is 0 Å². The van der Waals surface area contributed by atoms with Crippen LogP contribution in [0.1, 0.15) is 32.8 Å². The van der Waals surface area contributed by atoms with Crippen molar-refractivity contribution in [3.8, 4) is 0 Å². The normalized spacial score (nSPS) is 18.8. The van der Waals surface area contributed by atoms with Crippen molar-refractivity contribution in [3.63, 3.8) is 0 Å². The first kappa shape index (κ1) is 13.3. The van der Waals surface area contributed by atoms with Crippen LogP contribution >= 0.6 is 0 Å². The molecule has 18 heavy (non-hydrogen) atoms. The fraction of sp³-hybridized carbons (Fsp3) is 0.667. The molecule has 3 nitrogen and oxygen atoms in total. The quantitative estimate of drug-likeness (QED) is 0.760. The van der Waals surface area contributed by atoms with Crippen LogP contribution in [-0.2, 0) is 5.41 Å². The molecule has 0 atom stereocenters. The van der Waals surface area contributed by atoms with Crippen LogP contribution in [0.15, 0.2) is 18.5 Å². The number of rotatable bonds is 1. The molecule has 0 spiro atoms. The highest BCUT2D eigenvalue weighted by molar-refractivity contribution is 5.47. The zero-order chi connectivity index (χ0) is 13.2. The number of anilines is 1. The van der Waals surface area contributed by atoms with Gasteiger partial charge >= 0.3 is 0 Å². The molecule has 1 aliphatic rings. The van der Waals surface area contributed by atoms with Gasteiger partial charge in [0.15, 0.2) is 0 Å². The Labute approximate surface area is 111 Å². The van der Waals surface area contributed by atoms with E-state index in [1.54, 1.807) is 0 Å². The van der Waals surface area contributed by atoms with E-state index in [4.69, 9.17) is 0 Å². The number of aromatic nitrogens is 1. The Kier molecular flexibility index (Phi) is 3.91. The maximum Gasteiger partial charge on any atom is 0.0556 e. The summed E-state index contributed by atoms with van der Waals surface area (Å²) >= 11 is 0. The van der Waals surface area contributed by atoms with Gasteiger partial charge in [0, 0.05) is 25.8 Å². The maximum absolute atomic E-state index is 4.42. The summed E-state index contributed by atoms with van der Waals surface area (Å²) in [5.74, 6) is 0. The highest BCUT2D eigenvalue weighted by atomic mass is 15.2. The molecule has 0 saturated carbocycles. The minimum atomic E-state index is 0.172. The molecule has 3 heteroatoms. The second kappa shape index (κ2) is 5.27. The lowest BCUT2D eigenvalue weighted by Gasteiger charge is -2.25. The monoisotopic (exact) mass is 247 g/mol. The van der Waals surface area contributed by atoms with Gasteiger partial charge in [-0.2, -0.15) is 0 Å². The molecule has 100 valence electrons. The van der Waals surface area contributed by atoms with E-state index in [1.165, 1.54) is 24.2 Å². The first-order valence-corrected chi connectivity index (χ1v) is 6.86. The Balaban J connectivity index is 2.17. The van der Waals surface area contributed by atoms with Crippen LogP contribution in [0.3, 0.4) is 0 Å². The second-order valence-electron chi connectivity index (χ2n) is 6.33. The number of pyridine rings is 1. The van der Waals surface area contributed by atoms with Gasteiger partial charge in [0.25, 0.3) is 0 Å². The van der Waals surface area contributed by atoms with Crippen molar-refractivity contribution in [1.29, 1.82) is 0 Å². The van der Waals surface area contributed by atoms with Crippen LogP contribution in [0.5, 0.6) is 0 Å². The Hall–Kier alpha value is -1.09. The van der Waals surface area contributed by atoms with Gasteiger partial charge in [0.05, 0.1) is 11.9 Å². The number of hydrogen-bond donors (Lipinski definition) is 0. The average Bonchev–Trinajstić information content (AvgIpc) is 2.53. The van der Waals surface area contributed by atoms with E-state index in [0.717, 1.165) is 19.6 Å². The SMILES string of the molecule is CN1CCCN(c2cncc(C(C)(C)C)c2)CC1. The van der Waals surface area contributed by atoms with Crippen molar-refractivity contribution in [2.45, 2.75) is 32.6 Å². The fourth-order valence-corrected chi connectivity index (χ4v) is 2.32. The van der Waals surface area contributed by atoms with Gasteiger partial charge in [0.2, 0.25) is 0 Å². The van der Waals surface area contributed by atoms with E-state index in [0.29, 0.717) is 0 Å². The smallest absolute Gasteiger partial charge is 0.0556 e. The zero-order valence-electron chi connectivity index (χ0n) is 12.1.